The highest BCUT2D eigenvalue weighted by atomic mass is 16.5. The Balaban J connectivity index is 1.97. The van der Waals surface area contributed by atoms with Crippen LogP contribution in [0.15, 0.2) is 36.4 Å². The van der Waals surface area contributed by atoms with Crippen LogP contribution in [0.2, 0.25) is 0 Å². The number of rotatable bonds is 7. The molecule has 26 heavy (non-hydrogen) atoms. The van der Waals surface area contributed by atoms with Crippen molar-refractivity contribution in [1.29, 1.82) is 0 Å². The fourth-order valence-corrected chi connectivity index (χ4v) is 2.69. The Labute approximate surface area is 152 Å². The lowest BCUT2D eigenvalue weighted by atomic mass is 10.2. The average Bonchev–Trinajstić information content (AvgIpc) is 3.07. The Morgan fingerprint density at radius 3 is 2.46 bits per heavy atom. The molecule has 0 bridgehead atoms. The SMILES string of the molecule is CCOC(=O)c1ccc2nc(-c3ccc(OCC)c(OCC)c3)[nH]c2c1. The third kappa shape index (κ3) is 3.64. The standard InChI is InChI=1S/C20H22N2O4/c1-4-24-17-10-8-13(12-18(17)25-5-2)19-21-15-9-7-14(11-16(15)22-19)20(23)26-6-3/h7-12H,4-6H2,1-3H3,(H,21,22). The first kappa shape index (κ1) is 17.8. The number of hydrogen-bond acceptors (Lipinski definition) is 5. The van der Waals surface area contributed by atoms with Gasteiger partial charge in [-0.05, 0) is 57.2 Å². The lowest BCUT2D eigenvalue weighted by Crippen LogP contribution is -2.04. The number of fused-ring (bicyclic) bond motifs is 1. The lowest BCUT2D eigenvalue weighted by molar-refractivity contribution is 0.0526. The third-order valence-corrected chi connectivity index (χ3v) is 3.81. The van der Waals surface area contributed by atoms with E-state index in [1.807, 2.05) is 32.0 Å². The number of ether oxygens (including phenoxy) is 3. The summed E-state index contributed by atoms with van der Waals surface area (Å²) in [7, 11) is 0. The van der Waals surface area contributed by atoms with E-state index >= 15 is 0 Å². The number of imidazole rings is 1. The molecule has 0 aliphatic rings. The highest BCUT2D eigenvalue weighted by Crippen LogP contribution is 2.32. The topological polar surface area (TPSA) is 73.4 Å². The van der Waals surface area contributed by atoms with Crippen molar-refractivity contribution in [1.82, 2.24) is 9.97 Å². The van der Waals surface area contributed by atoms with Gasteiger partial charge < -0.3 is 19.2 Å². The predicted molar refractivity (Wildman–Crippen MR) is 99.8 cm³/mol. The molecule has 0 amide bonds. The average molecular weight is 354 g/mol. The number of aromatic nitrogens is 2. The first-order chi connectivity index (χ1) is 12.7. The van der Waals surface area contributed by atoms with Gasteiger partial charge in [-0.3, -0.25) is 0 Å². The summed E-state index contributed by atoms with van der Waals surface area (Å²) in [5.41, 5.74) is 2.93. The van der Waals surface area contributed by atoms with Crippen LogP contribution in [-0.2, 0) is 4.74 Å². The zero-order chi connectivity index (χ0) is 18.5. The molecule has 0 atom stereocenters. The molecule has 0 radical (unpaired) electrons. The van der Waals surface area contributed by atoms with Crippen LogP contribution in [0.4, 0.5) is 0 Å². The molecule has 6 nitrogen and oxygen atoms in total. The van der Waals surface area contributed by atoms with Crippen LogP contribution in [0.3, 0.4) is 0 Å². The molecular weight excluding hydrogens is 332 g/mol. The second-order valence-electron chi connectivity index (χ2n) is 5.57. The van der Waals surface area contributed by atoms with Gasteiger partial charge in [0.25, 0.3) is 0 Å². The van der Waals surface area contributed by atoms with Crippen LogP contribution < -0.4 is 9.47 Å². The fraction of sp³-hybridized carbons (Fsp3) is 0.300. The van der Waals surface area contributed by atoms with E-state index in [1.54, 1.807) is 25.1 Å². The summed E-state index contributed by atoms with van der Waals surface area (Å²) in [4.78, 5) is 19.8. The van der Waals surface area contributed by atoms with Gasteiger partial charge in [-0.25, -0.2) is 9.78 Å². The number of nitrogens with one attached hydrogen (secondary N) is 1. The van der Waals surface area contributed by atoms with E-state index in [0.717, 1.165) is 16.6 Å². The van der Waals surface area contributed by atoms with E-state index < -0.39 is 0 Å². The van der Waals surface area contributed by atoms with Crippen molar-refractivity contribution in [2.24, 2.45) is 0 Å². The first-order valence-corrected chi connectivity index (χ1v) is 8.73. The molecule has 0 aliphatic carbocycles. The Morgan fingerprint density at radius 1 is 0.962 bits per heavy atom. The Hall–Kier alpha value is -3.02. The zero-order valence-electron chi connectivity index (χ0n) is 15.2. The largest absolute Gasteiger partial charge is 0.490 e. The fourth-order valence-electron chi connectivity index (χ4n) is 2.69. The molecule has 0 unspecified atom stereocenters. The Bertz CT molecular complexity index is 917. The van der Waals surface area contributed by atoms with Gasteiger partial charge in [0.2, 0.25) is 0 Å². The summed E-state index contributed by atoms with van der Waals surface area (Å²) in [6.07, 6.45) is 0. The van der Waals surface area contributed by atoms with Crippen molar-refractivity contribution >= 4 is 17.0 Å². The summed E-state index contributed by atoms with van der Waals surface area (Å²) in [6, 6.07) is 11.0. The molecule has 3 rings (SSSR count). The van der Waals surface area contributed by atoms with Crippen LogP contribution in [0.25, 0.3) is 22.4 Å². The van der Waals surface area contributed by atoms with E-state index in [0.29, 0.717) is 42.7 Å². The van der Waals surface area contributed by atoms with Crippen molar-refractivity contribution < 1.29 is 19.0 Å². The number of H-pyrrole nitrogens is 1. The molecule has 1 N–H and O–H groups in total. The number of esters is 1. The minimum atomic E-state index is -0.342. The summed E-state index contributed by atoms with van der Waals surface area (Å²) in [5.74, 6) is 1.74. The normalized spacial score (nSPS) is 10.7. The number of carbonyl (C=O) groups is 1. The first-order valence-electron chi connectivity index (χ1n) is 8.73. The minimum Gasteiger partial charge on any atom is -0.490 e. The van der Waals surface area contributed by atoms with E-state index in [4.69, 9.17) is 14.2 Å². The molecule has 0 aliphatic heterocycles. The number of aromatic amines is 1. The summed E-state index contributed by atoms with van der Waals surface area (Å²) >= 11 is 0. The molecule has 1 heterocycles. The molecule has 0 saturated heterocycles. The number of nitrogens with zero attached hydrogens (tertiary/aromatic N) is 1. The van der Waals surface area contributed by atoms with E-state index in [-0.39, 0.29) is 5.97 Å². The zero-order valence-corrected chi connectivity index (χ0v) is 15.2. The number of benzene rings is 2. The van der Waals surface area contributed by atoms with Gasteiger partial charge in [-0.1, -0.05) is 0 Å². The highest BCUT2D eigenvalue weighted by molar-refractivity contribution is 5.94. The molecule has 2 aromatic carbocycles. The Morgan fingerprint density at radius 2 is 1.73 bits per heavy atom. The maximum Gasteiger partial charge on any atom is 0.338 e. The van der Waals surface area contributed by atoms with Gasteiger partial charge in [-0.15, -0.1) is 0 Å². The molecule has 136 valence electrons. The van der Waals surface area contributed by atoms with Crippen molar-refractivity contribution in [3.63, 3.8) is 0 Å². The molecule has 0 saturated carbocycles. The number of carbonyl (C=O) groups excluding carboxylic acids is 1. The molecule has 0 fully saturated rings. The predicted octanol–water partition coefficient (Wildman–Crippen LogP) is 4.20. The third-order valence-electron chi connectivity index (χ3n) is 3.81. The Kier molecular flexibility index (Phi) is 5.41. The van der Waals surface area contributed by atoms with Crippen molar-refractivity contribution in [3.05, 3.63) is 42.0 Å². The lowest BCUT2D eigenvalue weighted by Gasteiger charge is -2.11. The van der Waals surface area contributed by atoms with Crippen LogP contribution in [0.5, 0.6) is 11.5 Å². The smallest absolute Gasteiger partial charge is 0.338 e. The van der Waals surface area contributed by atoms with Gasteiger partial charge in [0.05, 0.1) is 36.4 Å². The van der Waals surface area contributed by atoms with E-state index in [9.17, 15) is 4.79 Å². The molecule has 3 aromatic rings. The van der Waals surface area contributed by atoms with Crippen molar-refractivity contribution in [3.8, 4) is 22.9 Å². The molecular formula is C20H22N2O4. The van der Waals surface area contributed by atoms with Gasteiger partial charge in [0, 0.05) is 5.56 Å². The number of hydrogen-bond donors (Lipinski definition) is 1. The van der Waals surface area contributed by atoms with Gasteiger partial charge >= 0.3 is 5.97 Å². The second kappa shape index (κ2) is 7.91. The van der Waals surface area contributed by atoms with E-state index in [2.05, 4.69) is 9.97 Å². The quantitative estimate of drug-likeness (QED) is 0.644. The van der Waals surface area contributed by atoms with E-state index in [1.165, 1.54) is 0 Å². The highest BCUT2D eigenvalue weighted by Gasteiger charge is 2.13. The van der Waals surface area contributed by atoms with Crippen molar-refractivity contribution in [2.45, 2.75) is 20.8 Å². The van der Waals surface area contributed by atoms with Crippen LogP contribution in [0, 0.1) is 0 Å². The maximum absolute atomic E-state index is 11.9. The minimum absolute atomic E-state index is 0.342. The summed E-state index contributed by atoms with van der Waals surface area (Å²) in [5, 5.41) is 0. The maximum atomic E-state index is 11.9. The molecule has 6 heteroatoms. The van der Waals surface area contributed by atoms with Gasteiger partial charge in [0.1, 0.15) is 5.82 Å². The monoisotopic (exact) mass is 354 g/mol. The summed E-state index contributed by atoms with van der Waals surface area (Å²) in [6.45, 7) is 7.11. The van der Waals surface area contributed by atoms with Gasteiger partial charge in [0.15, 0.2) is 11.5 Å². The summed E-state index contributed by atoms with van der Waals surface area (Å²) < 4.78 is 16.3. The van der Waals surface area contributed by atoms with Gasteiger partial charge in [-0.2, -0.15) is 0 Å². The van der Waals surface area contributed by atoms with Crippen LogP contribution in [-0.4, -0.2) is 35.8 Å². The molecule has 1 aromatic heterocycles. The molecule has 0 spiro atoms. The second-order valence-corrected chi connectivity index (χ2v) is 5.57. The van der Waals surface area contributed by atoms with Crippen LogP contribution >= 0.6 is 0 Å². The van der Waals surface area contributed by atoms with Crippen LogP contribution in [0.1, 0.15) is 31.1 Å². The van der Waals surface area contributed by atoms with Crippen molar-refractivity contribution in [2.75, 3.05) is 19.8 Å².